The summed E-state index contributed by atoms with van der Waals surface area (Å²) in [7, 11) is 0. The molecule has 1 amide bonds. The van der Waals surface area contributed by atoms with E-state index >= 15 is 0 Å². The van der Waals surface area contributed by atoms with E-state index < -0.39 is 0 Å². The van der Waals surface area contributed by atoms with Gasteiger partial charge in [-0.1, -0.05) is 0 Å². The van der Waals surface area contributed by atoms with Gasteiger partial charge in [-0.3, -0.25) is 14.2 Å². The molecule has 112 valence electrons. The molecule has 1 aliphatic carbocycles. The molecule has 1 aliphatic rings. The second-order valence-corrected chi connectivity index (χ2v) is 6.46. The van der Waals surface area contributed by atoms with Gasteiger partial charge in [0.2, 0.25) is 5.91 Å². The minimum Gasteiger partial charge on any atom is -0.396 e. The monoisotopic (exact) mass is 307 g/mol. The highest BCUT2D eigenvalue weighted by molar-refractivity contribution is 7.16. The van der Waals surface area contributed by atoms with Crippen LogP contribution in [-0.4, -0.2) is 33.7 Å². The Bertz CT molecular complexity index is 718. The quantitative estimate of drug-likeness (QED) is 0.824. The molecule has 3 rings (SSSR count). The Labute approximate surface area is 125 Å². The lowest BCUT2D eigenvalue weighted by Gasteiger charge is -2.12. The Hall–Kier alpha value is -1.73. The van der Waals surface area contributed by atoms with E-state index in [0.29, 0.717) is 18.5 Å². The van der Waals surface area contributed by atoms with Crippen LogP contribution in [0.25, 0.3) is 10.2 Å². The Morgan fingerprint density at radius 2 is 2.33 bits per heavy atom. The molecule has 0 atom stereocenters. The van der Waals surface area contributed by atoms with Crippen LogP contribution >= 0.6 is 11.3 Å². The molecule has 0 aliphatic heterocycles. The van der Waals surface area contributed by atoms with E-state index in [1.165, 1.54) is 22.2 Å². The zero-order valence-corrected chi connectivity index (χ0v) is 12.4. The number of rotatable bonds is 6. The number of aliphatic hydroxyl groups is 1. The lowest BCUT2D eigenvalue weighted by atomic mass is 10.1. The van der Waals surface area contributed by atoms with E-state index in [9.17, 15) is 14.7 Å². The van der Waals surface area contributed by atoms with E-state index in [-0.39, 0.29) is 29.9 Å². The molecule has 0 saturated heterocycles. The highest BCUT2D eigenvalue weighted by Crippen LogP contribution is 2.44. The first-order chi connectivity index (χ1) is 10.1. The van der Waals surface area contributed by atoms with Crippen molar-refractivity contribution in [3.05, 3.63) is 28.1 Å². The number of hydrogen-bond donors (Lipinski definition) is 2. The summed E-state index contributed by atoms with van der Waals surface area (Å²) in [6.45, 7) is 0.945. The van der Waals surface area contributed by atoms with E-state index in [4.69, 9.17) is 0 Å². The molecule has 2 heterocycles. The minimum absolute atomic E-state index is 0.0936. The molecule has 7 heteroatoms. The van der Waals surface area contributed by atoms with E-state index in [1.807, 2.05) is 5.38 Å². The van der Waals surface area contributed by atoms with Gasteiger partial charge in [0, 0.05) is 24.9 Å². The fourth-order valence-electron chi connectivity index (χ4n) is 2.22. The maximum Gasteiger partial charge on any atom is 0.262 e. The second-order valence-electron chi connectivity index (χ2n) is 5.57. The summed E-state index contributed by atoms with van der Waals surface area (Å²) in [5, 5.41) is 14.4. The van der Waals surface area contributed by atoms with Crippen LogP contribution in [0.2, 0.25) is 0 Å². The third-order valence-electron chi connectivity index (χ3n) is 3.98. The number of aliphatic hydroxyl groups excluding tert-OH is 1. The maximum absolute atomic E-state index is 12.1. The summed E-state index contributed by atoms with van der Waals surface area (Å²) in [6, 6.07) is 1.75. The van der Waals surface area contributed by atoms with Crippen LogP contribution in [0.4, 0.5) is 0 Å². The molecule has 0 radical (unpaired) electrons. The smallest absolute Gasteiger partial charge is 0.262 e. The van der Waals surface area contributed by atoms with E-state index in [2.05, 4.69) is 10.3 Å². The van der Waals surface area contributed by atoms with Gasteiger partial charge < -0.3 is 10.4 Å². The number of amides is 1. The molecular formula is C14H17N3O3S. The summed E-state index contributed by atoms with van der Waals surface area (Å²) < 4.78 is 1.47. The summed E-state index contributed by atoms with van der Waals surface area (Å²) in [5.74, 6) is -0.105. The average Bonchev–Trinajstić information content (AvgIpc) is 3.12. The van der Waals surface area contributed by atoms with Gasteiger partial charge in [-0.2, -0.15) is 0 Å². The van der Waals surface area contributed by atoms with Crippen molar-refractivity contribution in [2.45, 2.75) is 25.8 Å². The standard InChI is InChI=1S/C14H17N3O3S/c18-8-14(3-4-14)7-15-11(19)1-5-17-9-16-12-10(13(17)20)2-6-21-12/h2,6,9,18H,1,3-5,7-8H2,(H,15,19). The first-order valence-corrected chi connectivity index (χ1v) is 7.82. The Balaban J connectivity index is 1.57. The van der Waals surface area contributed by atoms with Gasteiger partial charge >= 0.3 is 0 Å². The molecule has 1 saturated carbocycles. The third-order valence-corrected chi connectivity index (χ3v) is 4.80. The summed E-state index contributed by atoms with van der Waals surface area (Å²) >= 11 is 1.43. The third kappa shape index (κ3) is 2.98. The molecule has 0 spiro atoms. The van der Waals surface area contributed by atoms with Crippen LogP contribution in [-0.2, 0) is 11.3 Å². The number of nitrogens with zero attached hydrogens (tertiary/aromatic N) is 2. The maximum atomic E-state index is 12.1. The van der Waals surface area contributed by atoms with Gasteiger partial charge in [-0.25, -0.2) is 4.98 Å². The fourth-order valence-corrected chi connectivity index (χ4v) is 2.94. The number of aryl methyl sites for hydroxylation is 1. The first-order valence-electron chi connectivity index (χ1n) is 6.94. The Morgan fingerprint density at radius 3 is 3.05 bits per heavy atom. The van der Waals surface area contributed by atoms with Gasteiger partial charge in [0.15, 0.2) is 0 Å². The number of carbonyl (C=O) groups is 1. The van der Waals surface area contributed by atoms with Crippen molar-refractivity contribution in [2.75, 3.05) is 13.2 Å². The van der Waals surface area contributed by atoms with E-state index in [1.54, 1.807) is 6.07 Å². The van der Waals surface area contributed by atoms with Crippen molar-refractivity contribution in [1.82, 2.24) is 14.9 Å². The summed E-state index contributed by atoms with van der Waals surface area (Å²) in [6.07, 6.45) is 3.65. The fraction of sp³-hybridized carbons (Fsp3) is 0.500. The van der Waals surface area contributed by atoms with Crippen molar-refractivity contribution in [3.8, 4) is 0 Å². The average molecular weight is 307 g/mol. The van der Waals surface area contributed by atoms with Crippen LogP contribution in [0, 0.1) is 5.41 Å². The number of aromatic nitrogens is 2. The molecule has 21 heavy (non-hydrogen) atoms. The normalized spacial score (nSPS) is 16.0. The molecule has 6 nitrogen and oxygen atoms in total. The SMILES string of the molecule is O=C(CCn1cnc2sccc2c1=O)NCC1(CO)CC1. The van der Waals surface area contributed by atoms with Gasteiger partial charge in [0.25, 0.3) is 5.56 Å². The number of fused-ring (bicyclic) bond motifs is 1. The minimum atomic E-state index is -0.108. The van der Waals surface area contributed by atoms with Crippen LogP contribution in [0.15, 0.2) is 22.6 Å². The Kier molecular flexibility index (Phi) is 3.77. The Morgan fingerprint density at radius 1 is 1.52 bits per heavy atom. The van der Waals surface area contributed by atoms with Crippen LogP contribution in [0.3, 0.4) is 0 Å². The number of thiophene rings is 1. The highest BCUT2D eigenvalue weighted by Gasteiger charge is 2.41. The van der Waals surface area contributed by atoms with Crippen molar-refractivity contribution in [3.63, 3.8) is 0 Å². The molecule has 0 unspecified atom stereocenters. The van der Waals surface area contributed by atoms with Crippen molar-refractivity contribution < 1.29 is 9.90 Å². The highest BCUT2D eigenvalue weighted by atomic mass is 32.1. The predicted molar refractivity (Wildman–Crippen MR) is 80.3 cm³/mol. The van der Waals surface area contributed by atoms with Crippen molar-refractivity contribution in [1.29, 1.82) is 0 Å². The second kappa shape index (κ2) is 5.57. The molecule has 2 N–H and O–H groups in total. The zero-order chi connectivity index (χ0) is 14.9. The molecule has 2 aromatic rings. The molecule has 0 aromatic carbocycles. The lowest BCUT2D eigenvalue weighted by Crippen LogP contribution is -2.33. The van der Waals surface area contributed by atoms with Gasteiger partial charge in [0.1, 0.15) is 4.83 Å². The van der Waals surface area contributed by atoms with Gasteiger partial charge in [-0.15, -0.1) is 11.3 Å². The number of carbonyl (C=O) groups excluding carboxylic acids is 1. The van der Waals surface area contributed by atoms with E-state index in [0.717, 1.165) is 17.7 Å². The molecular weight excluding hydrogens is 290 g/mol. The molecule has 2 aromatic heterocycles. The number of hydrogen-bond acceptors (Lipinski definition) is 5. The summed E-state index contributed by atoms with van der Waals surface area (Å²) in [5.41, 5.74) is -0.202. The topological polar surface area (TPSA) is 84.2 Å². The van der Waals surface area contributed by atoms with Crippen molar-refractivity contribution >= 4 is 27.5 Å². The molecule has 0 bridgehead atoms. The lowest BCUT2D eigenvalue weighted by molar-refractivity contribution is -0.121. The van der Waals surface area contributed by atoms with Crippen LogP contribution in [0.5, 0.6) is 0 Å². The largest absolute Gasteiger partial charge is 0.396 e. The summed E-state index contributed by atoms with van der Waals surface area (Å²) in [4.78, 5) is 28.9. The van der Waals surface area contributed by atoms with Gasteiger partial charge in [0.05, 0.1) is 18.3 Å². The zero-order valence-electron chi connectivity index (χ0n) is 11.5. The number of nitrogens with one attached hydrogen (secondary N) is 1. The van der Waals surface area contributed by atoms with Crippen molar-refractivity contribution in [2.24, 2.45) is 5.41 Å². The molecule has 1 fully saturated rings. The van der Waals surface area contributed by atoms with Crippen LogP contribution < -0.4 is 10.9 Å². The first kappa shape index (κ1) is 14.2. The predicted octanol–water partition coefficient (Wildman–Crippen LogP) is 0.737. The van der Waals surface area contributed by atoms with Gasteiger partial charge in [-0.05, 0) is 24.3 Å². The van der Waals surface area contributed by atoms with Crippen LogP contribution in [0.1, 0.15) is 19.3 Å².